The predicted octanol–water partition coefficient (Wildman–Crippen LogP) is 3.59. The van der Waals surface area contributed by atoms with Gasteiger partial charge in [0.15, 0.2) is 0 Å². The van der Waals surface area contributed by atoms with Crippen molar-refractivity contribution < 1.29 is 14.4 Å². The predicted molar refractivity (Wildman–Crippen MR) is 115 cm³/mol. The molecule has 1 unspecified atom stereocenters. The van der Waals surface area contributed by atoms with Crippen LogP contribution in [0.15, 0.2) is 85.6 Å². The van der Waals surface area contributed by atoms with E-state index in [0.29, 0.717) is 18.7 Å². The van der Waals surface area contributed by atoms with Gasteiger partial charge in [-0.15, -0.1) is 6.58 Å². The summed E-state index contributed by atoms with van der Waals surface area (Å²) < 4.78 is 16.2. The summed E-state index contributed by atoms with van der Waals surface area (Å²) in [5, 5.41) is 10.5. The minimum absolute atomic E-state index is 0.180. The second-order valence-electron chi connectivity index (χ2n) is 7.53. The molecule has 1 heterocycles. The number of nitrogens with one attached hydrogen (secondary N) is 1. The highest BCUT2D eigenvalue weighted by atomic mass is 19.1. The Bertz CT molecular complexity index is 891. The van der Waals surface area contributed by atoms with Gasteiger partial charge < -0.3 is 14.6 Å². The molecule has 2 aromatic carbocycles. The Labute approximate surface area is 172 Å². The van der Waals surface area contributed by atoms with E-state index in [0.717, 1.165) is 31.6 Å². The third-order valence-corrected chi connectivity index (χ3v) is 5.18. The average Bonchev–Trinajstić information content (AvgIpc) is 3.15. The molecule has 152 valence electrons. The molecule has 2 N–H and O–H groups in total. The Hall–Kier alpha value is -2.69. The molecule has 29 heavy (non-hydrogen) atoms. The Morgan fingerprint density at radius 2 is 1.76 bits per heavy atom. The Kier molecular flexibility index (Phi) is 7.79. The van der Waals surface area contributed by atoms with Gasteiger partial charge in [0.1, 0.15) is 31.6 Å². The van der Waals surface area contributed by atoms with E-state index in [1.807, 2.05) is 48.7 Å². The zero-order chi connectivity index (χ0) is 20.5. The average molecular weight is 394 g/mol. The summed E-state index contributed by atoms with van der Waals surface area (Å²) in [4.78, 5) is 1.28. The molecule has 3 nitrogen and oxygen atoms in total. The number of aromatic nitrogens is 1. The van der Waals surface area contributed by atoms with E-state index in [2.05, 4.69) is 29.3 Å². The summed E-state index contributed by atoms with van der Waals surface area (Å²) in [5.74, 6) is -0.180. The maximum atomic E-state index is 14.1. The van der Waals surface area contributed by atoms with Crippen LogP contribution in [0, 0.1) is 5.82 Å². The molecular formula is C25H30FN2O+. The van der Waals surface area contributed by atoms with Gasteiger partial charge in [-0.05, 0) is 31.0 Å². The monoisotopic (exact) mass is 393 g/mol. The summed E-state index contributed by atoms with van der Waals surface area (Å²) in [6.45, 7) is 6.51. The molecule has 2 atom stereocenters. The van der Waals surface area contributed by atoms with Crippen molar-refractivity contribution in [2.24, 2.45) is 0 Å². The van der Waals surface area contributed by atoms with Crippen LogP contribution in [0.5, 0.6) is 0 Å². The maximum Gasteiger partial charge on any atom is 0.128 e. The molecule has 1 aromatic heterocycles. The summed E-state index contributed by atoms with van der Waals surface area (Å²) in [6, 6.07) is 21.3. The first-order valence-electron chi connectivity index (χ1n) is 10.2. The van der Waals surface area contributed by atoms with Crippen molar-refractivity contribution in [2.45, 2.75) is 38.6 Å². The fraction of sp³-hybridized carbons (Fsp3) is 0.280. The second-order valence-corrected chi connectivity index (χ2v) is 7.53. The van der Waals surface area contributed by atoms with Crippen LogP contribution in [0.4, 0.5) is 4.39 Å². The summed E-state index contributed by atoms with van der Waals surface area (Å²) in [5.41, 5.74) is 3.06. The van der Waals surface area contributed by atoms with Crippen molar-refractivity contribution in [2.75, 3.05) is 6.54 Å². The summed E-state index contributed by atoms with van der Waals surface area (Å²) >= 11 is 0. The van der Waals surface area contributed by atoms with Gasteiger partial charge in [0, 0.05) is 17.3 Å². The molecule has 0 fully saturated rings. The van der Waals surface area contributed by atoms with Crippen LogP contribution >= 0.6 is 0 Å². The number of benzene rings is 2. The molecule has 3 rings (SSSR count). The van der Waals surface area contributed by atoms with E-state index in [4.69, 9.17) is 0 Å². The van der Waals surface area contributed by atoms with Crippen LogP contribution < -0.4 is 4.90 Å². The van der Waals surface area contributed by atoms with Crippen LogP contribution in [0.2, 0.25) is 0 Å². The second kappa shape index (κ2) is 10.7. The fourth-order valence-electron chi connectivity index (χ4n) is 3.67. The van der Waals surface area contributed by atoms with E-state index in [1.165, 1.54) is 16.5 Å². The van der Waals surface area contributed by atoms with Gasteiger partial charge in [-0.25, -0.2) is 4.39 Å². The number of aliphatic hydroxyl groups excluding tert-OH is 1. The Morgan fingerprint density at radius 3 is 2.52 bits per heavy atom. The minimum atomic E-state index is -0.373. The molecule has 0 aliphatic carbocycles. The minimum Gasteiger partial charge on any atom is -0.387 e. The van der Waals surface area contributed by atoms with E-state index in [1.54, 1.807) is 6.07 Å². The largest absolute Gasteiger partial charge is 0.387 e. The molecule has 0 amide bonds. The van der Waals surface area contributed by atoms with Crippen molar-refractivity contribution >= 4 is 0 Å². The van der Waals surface area contributed by atoms with Crippen molar-refractivity contribution in [3.8, 4) is 0 Å². The van der Waals surface area contributed by atoms with Gasteiger partial charge >= 0.3 is 0 Å². The lowest BCUT2D eigenvalue weighted by Crippen LogP contribution is -3.10. The highest BCUT2D eigenvalue weighted by molar-refractivity contribution is 5.19. The normalized spacial score (nSPS) is 13.2. The number of nitrogens with zero attached hydrogens (tertiary/aromatic N) is 1. The molecule has 0 bridgehead atoms. The van der Waals surface area contributed by atoms with Gasteiger partial charge in [-0.2, -0.15) is 0 Å². The number of hydrogen-bond acceptors (Lipinski definition) is 1. The lowest BCUT2D eigenvalue weighted by molar-refractivity contribution is -0.931. The third-order valence-electron chi connectivity index (χ3n) is 5.18. The topological polar surface area (TPSA) is 29.6 Å². The molecule has 0 saturated carbocycles. The molecule has 4 heteroatoms. The number of rotatable bonds is 11. The SMILES string of the molecule is C=CCC[C@@H](O)C[NH+](Cc1ccccc1)Cc1cccn1Cc1ccccc1F. The molecule has 3 aromatic rings. The first-order chi connectivity index (χ1) is 14.2. The van der Waals surface area contributed by atoms with Crippen LogP contribution in [0.25, 0.3) is 0 Å². The van der Waals surface area contributed by atoms with Crippen molar-refractivity contribution in [1.82, 2.24) is 4.57 Å². The van der Waals surface area contributed by atoms with Gasteiger partial charge in [0.25, 0.3) is 0 Å². The molecule has 0 radical (unpaired) electrons. The van der Waals surface area contributed by atoms with Crippen molar-refractivity contribution in [1.29, 1.82) is 0 Å². The summed E-state index contributed by atoms with van der Waals surface area (Å²) in [7, 11) is 0. The molecular weight excluding hydrogens is 363 g/mol. The first-order valence-corrected chi connectivity index (χ1v) is 10.2. The molecule has 0 saturated heterocycles. The lowest BCUT2D eigenvalue weighted by Gasteiger charge is -2.23. The summed E-state index contributed by atoms with van der Waals surface area (Å²) in [6.07, 6.45) is 5.00. The number of allylic oxidation sites excluding steroid dienone is 1. The number of aliphatic hydroxyl groups is 1. The third kappa shape index (κ3) is 6.41. The zero-order valence-electron chi connectivity index (χ0n) is 16.8. The van der Waals surface area contributed by atoms with Gasteiger partial charge in [0.05, 0.1) is 12.2 Å². The standard InChI is InChI=1S/C25H29FN2O/c1-2-3-14-24(29)20-27(17-21-10-5-4-6-11-21)19-23-13-9-16-28(23)18-22-12-7-8-15-25(22)26/h2,4-13,15-16,24,29H,1,3,14,17-20H2/p+1/t24-/m1/s1. The van der Waals surface area contributed by atoms with Crippen LogP contribution in [-0.4, -0.2) is 22.3 Å². The van der Waals surface area contributed by atoms with Crippen LogP contribution in [-0.2, 0) is 19.6 Å². The molecule has 0 spiro atoms. The van der Waals surface area contributed by atoms with E-state index in [-0.39, 0.29) is 11.9 Å². The van der Waals surface area contributed by atoms with Crippen LogP contribution in [0.1, 0.15) is 29.7 Å². The van der Waals surface area contributed by atoms with Crippen LogP contribution in [0.3, 0.4) is 0 Å². The zero-order valence-corrected chi connectivity index (χ0v) is 16.8. The van der Waals surface area contributed by atoms with Crippen molar-refractivity contribution in [3.05, 3.63) is 108 Å². The van der Waals surface area contributed by atoms with Gasteiger partial charge in [-0.3, -0.25) is 0 Å². The smallest absolute Gasteiger partial charge is 0.128 e. The first kappa shape index (κ1) is 21.0. The lowest BCUT2D eigenvalue weighted by atomic mass is 10.1. The van der Waals surface area contributed by atoms with Gasteiger partial charge in [0.2, 0.25) is 0 Å². The molecule has 0 aliphatic heterocycles. The van der Waals surface area contributed by atoms with Crippen molar-refractivity contribution in [3.63, 3.8) is 0 Å². The van der Waals surface area contributed by atoms with Gasteiger partial charge in [-0.1, -0.05) is 54.6 Å². The molecule has 0 aliphatic rings. The maximum absolute atomic E-state index is 14.1. The highest BCUT2D eigenvalue weighted by Crippen LogP contribution is 2.11. The quantitative estimate of drug-likeness (QED) is 0.479. The van der Waals surface area contributed by atoms with E-state index >= 15 is 0 Å². The number of hydrogen-bond donors (Lipinski definition) is 2. The van der Waals surface area contributed by atoms with E-state index < -0.39 is 0 Å². The fourth-order valence-corrected chi connectivity index (χ4v) is 3.67. The number of quaternary nitrogens is 1. The number of halogens is 1. The Morgan fingerprint density at radius 1 is 1.00 bits per heavy atom. The van der Waals surface area contributed by atoms with E-state index in [9.17, 15) is 9.50 Å². The Balaban J connectivity index is 1.74. The highest BCUT2D eigenvalue weighted by Gasteiger charge is 2.18.